The number of rotatable bonds is 5. The van der Waals surface area contributed by atoms with E-state index in [2.05, 4.69) is 34.9 Å². The van der Waals surface area contributed by atoms with Crippen LogP contribution in [0.5, 0.6) is 0 Å². The fourth-order valence-corrected chi connectivity index (χ4v) is 2.81. The van der Waals surface area contributed by atoms with Gasteiger partial charge in [-0.1, -0.05) is 30.3 Å². The van der Waals surface area contributed by atoms with Gasteiger partial charge in [0, 0.05) is 25.0 Å². The molecule has 2 atom stereocenters. The molecule has 0 radical (unpaired) electrons. The van der Waals surface area contributed by atoms with Gasteiger partial charge in [0.05, 0.1) is 12.0 Å². The summed E-state index contributed by atoms with van der Waals surface area (Å²) in [5.74, 6) is -0.168. The molecule has 18 heavy (non-hydrogen) atoms. The van der Waals surface area contributed by atoms with Crippen LogP contribution in [0.25, 0.3) is 0 Å². The first kappa shape index (κ1) is 11.7. The molecule has 2 aliphatic rings. The summed E-state index contributed by atoms with van der Waals surface area (Å²) in [4.78, 5) is 10.9. The van der Waals surface area contributed by atoms with Crippen LogP contribution in [0.4, 0.5) is 0 Å². The number of hydrogen-bond donors (Lipinski definition) is 3. The van der Waals surface area contributed by atoms with Crippen LogP contribution in [0.15, 0.2) is 30.3 Å². The zero-order valence-corrected chi connectivity index (χ0v) is 10.2. The van der Waals surface area contributed by atoms with Crippen LogP contribution in [-0.2, 0) is 4.79 Å². The topological polar surface area (TPSA) is 61.4 Å². The number of carboxylic acids is 1. The molecule has 0 aromatic heterocycles. The molecule has 96 valence electrons. The second-order valence-electron chi connectivity index (χ2n) is 5.46. The van der Waals surface area contributed by atoms with Gasteiger partial charge in [-0.2, -0.15) is 0 Å². The van der Waals surface area contributed by atoms with Crippen molar-refractivity contribution in [3.8, 4) is 0 Å². The Bertz CT molecular complexity index is 442. The fraction of sp³-hybridized carbons (Fsp3) is 0.500. The van der Waals surface area contributed by atoms with Crippen molar-refractivity contribution in [2.75, 3.05) is 13.1 Å². The molecule has 4 nitrogen and oxygen atoms in total. The summed E-state index contributed by atoms with van der Waals surface area (Å²) in [7, 11) is 0. The molecule has 1 aliphatic carbocycles. The van der Waals surface area contributed by atoms with E-state index in [4.69, 9.17) is 5.11 Å². The molecule has 1 aliphatic heterocycles. The van der Waals surface area contributed by atoms with Crippen molar-refractivity contribution in [2.24, 2.45) is 0 Å². The van der Waals surface area contributed by atoms with Crippen LogP contribution in [-0.4, -0.2) is 35.7 Å². The minimum Gasteiger partial charge on any atom is -0.481 e. The predicted molar refractivity (Wildman–Crippen MR) is 68.6 cm³/mol. The summed E-state index contributed by atoms with van der Waals surface area (Å²) in [5.41, 5.74) is 1.13. The molecule has 1 aromatic rings. The highest BCUT2D eigenvalue weighted by Gasteiger charge is 2.47. The average molecular weight is 246 g/mol. The van der Waals surface area contributed by atoms with E-state index < -0.39 is 5.97 Å². The molecule has 1 heterocycles. The van der Waals surface area contributed by atoms with Gasteiger partial charge in [0.25, 0.3) is 0 Å². The summed E-state index contributed by atoms with van der Waals surface area (Å²) in [6.07, 6.45) is 1.32. The minimum absolute atomic E-state index is 0.206. The lowest BCUT2D eigenvalue weighted by Crippen LogP contribution is -2.69. The third kappa shape index (κ3) is 2.26. The largest absolute Gasteiger partial charge is 0.481 e. The molecule has 1 saturated heterocycles. The van der Waals surface area contributed by atoms with Gasteiger partial charge in [-0.3, -0.25) is 4.79 Å². The van der Waals surface area contributed by atoms with Crippen molar-refractivity contribution in [3.63, 3.8) is 0 Å². The van der Waals surface area contributed by atoms with Crippen molar-refractivity contribution >= 4 is 5.97 Å². The number of nitrogens with one attached hydrogen (secondary N) is 2. The van der Waals surface area contributed by atoms with Crippen molar-refractivity contribution in [1.82, 2.24) is 10.6 Å². The Balaban J connectivity index is 1.60. The summed E-state index contributed by atoms with van der Waals surface area (Å²) >= 11 is 0. The highest BCUT2D eigenvalue weighted by molar-refractivity contribution is 5.69. The van der Waals surface area contributed by atoms with E-state index in [1.807, 2.05) is 6.07 Å². The van der Waals surface area contributed by atoms with Gasteiger partial charge in [-0.25, -0.2) is 0 Å². The van der Waals surface area contributed by atoms with Gasteiger partial charge in [-0.15, -0.1) is 0 Å². The molecule has 1 aromatic carbocycles. The van der Waals surface area contributed by atoms with E-state index in [-0.39, 0.29) is 12.0 Å². The van der Waals surface area contributed by atoms with E-state index in [1.54, 1.807) is 0 Å². The standard InChI is InChI=1S/C14H18N2O2/c17-13(18)7-14(8-15-9-14)16-12-6-11(12)10-4-2-1-3-5-10/h1-5,11-12,15-16H,6-9H2,(H,17,18). The van der Waals surface area contributed by atoms with E-state index in [1.165, 1.54) is 5.56 Å². The molecule has 4 heteroatoms. The van der Waals surface area contributed by atoms with Gasteiger partial charge < -0.3 is 15.7 Å². The van der Waals surface area contributed by atoms with Crippen molar-refractivity contribution in [2.45, 2.75) is 30.3 Å². The average Bonchev–Trinajstić information content (AvgIpc) is 3.06. The van der Waals surface area contributed by atoms with Crippen molar-refractivity contribution in [1.29, 1.82) is 0 Å². The van der Waals surface area contributed by atoms with Gasteiger partial charge in [0.2, 0.25) is 0 Å². The molecule has 0 spiro atoms. The van der Waals surface area contributed by atoms with E-state index in [9.17, 15) is 4.79 Å². The molecule has 2 unspecified atom stereocenters. The van der Waals surface area contributed by atoms with Crippen LogP contribution in [0.1, 0.15) is 24.3 Å². The van der Waals surface area contributed by atoms with E-state index in [0.29, 0.717) is 12.0 Å². The number of carbonyl (C=O) groups is 1. The highest BCUT2D eigenvalue weighted by Crippen LogP contribution is 2.42. The number of aliphatic carboxylic acids is 1. The van der Waals surface area contributed by atoms with Gasteiger partial charge >= 0.3 is 5.97 Å². The number of benzene rings is 1. The monoisotopic (exact) mass is 246 g/mol. The number of carboxylic acid groups (broad SMARTS) is 1. The molecular formula is C14H18N2O2. The maximum atomic E-state index is 10.9. The Hall–Kier alpha value is -1.39. The second kappa shape index (κ2) is 4.37. The Kier molecular flexibility index (Phi) is 2.84. The number of hydrogen-bond acceptors (Lipinski definition) is 3. The lowest BCUT2D eigenvalue weighted by molar-refractivity contribution is -0.139. The van der Waals surface area contributed by atoms with Crippen LogP contribution in [0.2, 0.25) is 0 Å². The zero-order chi connectivity index (χ0) is 12.6. The zero-order valence-electron chi connectivity index (χ0n) is 10.2. The normalized spacial score (nSPS) is 28.4. The molecule has 0 amide bonds. The van der Waals surface area contributed by atoms with Gasteiger partial charge in [-0.05, 0) is 12.0 Å². The molecule has 0 bridgehead atoms. The van der Waals surface area contributed by atoms with Gasteiger partial charge in [0.15, 0.2) is 0 Å². The smallest absolute Gasteiger partial charge is 0.305 e. The molecule has 3 rings (SSSR count). The minimum atomic E-state index is -0.721. The first-order valence-electron chi connectivity index (χ1n) is 6.44. The maximum absolute atomic E-state index is 10.9. The lowest BCUT2D eigenvalue weighted by atomic mass is 9.88. The Morgan fingerprint density at radius 1 is 1.39 bits per heavy atom. The first-order chi connectivity index (χ1) is 8.69. The molecule has 3 N–H and O–H groups in total. The quantitative estimate of drug-likeness (QED) is 0.724. The maximum Gasteiger partial charge on any atom is 0.305 e. The Labute approximate surface area is 106 Å². The summed E-state index contributed by atoms with van der Waals surface area (Å²) < 4.78 is 0. The van der Waals surface area contributed by atoms with E-state index >= 15 is 0 Å². The van der Waals surface area contributed by atoms with Crippen molar-refractivity contribution < 1.29 is 9.90 Å². The summed E-state index contributed by atoms with van der Waals surface area (Å²) in [6.45, 7) is 1.52. The lowest BCUT2D eigenvalue weighted by Gasteiger charge is -2.42. The third-order valence-corrected chi connectivity index (χ3v) is 3.93. The molecule has 2 fully saturated rings. The Morgan fingerprint density at radius 3 is 2.67 bits per heavy atom. The third-order valence-electron chi connectivity index (χ3n) is 3.93. The van der Waals surface area contributed by atoms with Gasteiger partial charge in [0.1, 0.15) is 0 Å². The molecular weight excluding hydrogens is 228 g/mol. The Morgan fingerprint density at radius 2 is 2.11 bits per heavy atom. The second-order valence-corrected chi connectivity index (χ2v) is 5.46. The molecule has 1 saturated carbocycles. The summed E-state index contributed by atoms with van der Waals surface area (Å²) in [5, 5.41) is 15.7. The first-order valence-corrected chi connectivity index (χ1v) is 6.44. The summed E-state index contributed by atoms with van der Waals surface area (Å²) in [6, 6.07) is 10.9. The fourth-order valence-electron chi connectivity index (χ4n) is 2.81. The van der Waals surface area contributed by atoms with Crippen molar-refractivity contribution in [3.05, 3.63) is 35.9 Å². The van der Waals surface area contributed by atoms with Crippen LogP contribution < -0.4 is 10.6 Å². The van der Waals surface area contributed by atoms with Crippen LogP contribution in [0.3, 0.4) is 0 Å². The van der Waals surface area contributed by atoms with Crippen LogP contribution in [0, 0.1) is 0 Å². The predicted octanol–water partition coefficient (Wildman–Crippen LogP) is 0.949. The van der Waals surface area contributed by atoms with E-state index in [0.717, 1.165) is 19.5 Å². The SMILES string of the molecule is O=C(O)CC1(NC2CC2c2ccccc2)CNC1. The highest BCUT2D eigenvalue weighted by atomic mass is 16.4. The van der Waals surface area contributed by atoms with Crippen LogP contribution >= 0.6 is 0 Å².